The Morgan fingerprint density at radius 2 is 2.08 bits per heavy atom. The molecule has 0 aliphatic heterocycles. The number of aliphatic hydroxyl groups excluding tert-OH is 1. The molecular weight excluding hydrogens is 152 g/mol. The Bertz CT molecular complexity index is 113. The molecule has 0 amide bonds. The third-order valence-electron chi connectivity index (χ3n) is 3.06. The summed E-state index contributed by atoms with van der Waals surface area (Å²) in [7, 11) is 1.74. The van der Waals surface area contributed by atoms with E-state index in [0.29, 0.717) is 12.0 Å². The molecule has 1 rings (SSSR count). The average Bonchev–Trinajstić information content (AvgIpc) is 2.02. The van der Waals surface area contributed by atoms with Crippen LogP contribution in [-0.4, -0.2) is 25.4 Å². The van der Waals surface area contributed by atoms with Gasteiger partial charge in [-0.05, 0) is 31.1 Å². The molecule has 0 saturated heterocycles. The van der Waals surface area contributed by atoms with Gasteiger partial charge in [0.2, 0.25) is 0 Å². The largest absolute Gasteiger partial charge is 0.396 e. The van der Waals surface area contributed by atoms with Gasteiger partial charge in [-0.3, -0.25) is 0 Å². The van der Waals surface area contributed by atoms with Crippen molar-refractivity contribution in [2.75, 3.05) is 20.3 Å². The van der Waals surface area contributed by atoms with Crippen molar-refractivity contribution in [1.29, 1.82) is 0 Å². The number of ether oxygens (including phenoxy) is 1. The minimum absolute atomic E-state index is 0.313. The summed E-state index contributed by atoms with van der Waals surface area (Å²) in [6.07, 6.45) is 7.30. The number of aliphatic hydroxyl groups is 1. The van der Waals surface area contributed by atoms with Gasteiger partial charge in [-0.25, -0.2) is 0 Å². The van der Waals surface area contributed by atoms with Crippen LogP contribution in [0.5, 0.6) is 0 Å². The minimum Gasteiger partial charge on any atom is -0.396 e. The lowest BCUT2D eigenvalue weighted by molar-refractivity contribution is 0.0319. The number of hydrogen-bond donors (Lipinski definition) is 1. The van der Waals surface area contributed by atoms with Crippen LogP contribution in [0.25, 0.3) is 0 Å². The highest BCUT2D eigenvalue weighted by molar-refractivity contribution is 4.86. The van der Waals surface area contributed by atoms with E-state index in [1.807, 2.05) is 0 Å². The number of methoxy groups -OCH3 is 1. The van der Waals surface area contributed by atoms with Gasteiger partial charge in [0.1, 0.15) is 0 Å². The van der Waals surface area contributed by atoms with E-state index in [2.05, 4.69) is 0 Å². The van der Waals surface area contributed by atoms with Gasteiger partial charge in [0.25, 0.3) is 0 Å². The van der Waals surface area contributed by atoms with Crippen LogP contribution < -0.4 is 0 Å². The Morgan fingerprint density at radius 1 is 1.33 bits per heavy atom. The summed E-state index contributed by atoms with van der Waals surface area (Å²) in [6, 6.07) is 0. The third kappa shape index (κ3) is 2.46. The van der Waals surface area contributed by atoms with Crippen LogP contribution in [0.1, 0.15) is 38.5 Å². The lowest BCUT2D eigenvalue weighted by Crippen LogP contribution is -2.33. The molecule has 2 nitrogen and oxygen atoms in total. The molecule has 12 heavy (non-hydrogen) atoms. The van der Waals surface area contributed by atoms with Gasteiger partial charge in [0.05, 0.1) is 0 Å². The second kappa shape index (κ2) is 4.83. The highest BCUT2D eigenvalue weighted by atomic mass is 16.5. The second-order valence-corrected chi connectivity index (χ2v) is 3.96. The van der Waals surface area contributed by atoms with E-state index in [4.69, 9.17) is 9.84 Å². The zero-order chi connectivity index (χ0) is 8.86. The number of rotatable bonds is 6. The Hall–Kier alpha value is -0.0800. The molecule has 2 heteroatoms. The van der Waals surface area contributed by atoms with E-state index in [1.54, 1.807) is 7.11 Å². The van der Waals surface area contributed by atoms with Gasteiger partial charge in [-0.2, -0.15) is 0 Å². The molecule has 1 aliphatic carbocycles. The zero-order valence-electron chi connectivity index (χ0n) is 8.01. The van der Waals surface area contributed by atoms with Crippen molar-refractivity contribution < 1.29 is 9.84 Å². The van der Waals surface area contributed by atoms with E-state index in [1.165, 1.54) is 32.1 Å². The lowest BCUT2D eigenvalue weighted by Gasteiger charge is -2.40. The Balaban J connectivity index is 2.04. The fourth-order valence-corrected chi connectivity index (χ4v) is 1.91. The standard InChI is InChI=1S/C10H20O2/c1-12-8-3-2-5-10(9-11)6-4-7-10/h11H,2-9H2,1H3. The summed E-state index contributed by atoms with van der Waals surface area (Å²) in [5.74, 6) is 0. The minimum atomic E-state index is 0.313. The molecule has 0 heterocycles. The van der Waals surface area contributed by atoms with E-state index in [0.717, 1.165) is 13.0 Å². The summed E-state index contributed by atoms with van der Waals surface area (Å²) in [6.45, 7) is 1.25. The fraction of sp³-hybridized carbons (Fsp3) is 1.00. The molecule has 0 unspecified atom stereocenters. The van der Waals surface area contributed by atoms with Crippen LogP contribution >= 0.6 is 0 Å². The third-order valence-corrected chi connectivity index (χ3v) is 3.06. The van der Waals surface area contributed by atoms with Crippen molar-refractivity contribution in [3.8, 4) is 0 Å². The summed E-state index contributed by atoms with van der Waals surface area (Å²) >= 11 is 0. The monoisotopic (exact) mass is 172 g/mol. The normalized spacial score (nSPS) is 20.5. The van der Waals surface area contributed by atoms with Crippen molar-refractivity contribution in [2.24, 2.45) is 5.41 Å². The van der Waals surface area contributed by atoms with Crippen molar-refractivity contribution in [3.05, 3.63) is 0 Å². The van der Waals surface area contributed by atoms with Crippen LogP contribution in [0.4, 0.5) is 0 Å². The van der Waals surface area contributed by atoms with E-state index < -0.39 is 0 Å². The first-order valence-corrected chi connectivity index (χ1v) is 4.93. The second-order valence-electron chi connectivity index (χ2n) is 3.96. The zero-order valence-corrected chi connectivity index (χ0v) is 8.01. The summed E-state index contributed by atoms with van der Waals surface area (Å²) < 4.78 is 4.98. The van der Waals surface area contributed by atoms with Gasteiger partial charge in [-0.15, -0.1) is 0 Å². The fourth-order valence-electron chi connectivity index (χ4n) is 1.91. The Kier molecular flexibility index (Phi) is 4.02. The van der Waals surface area contributed by atoms with Crippen molar-refractivity contribution in [2.45, 2.75) is 38.5 Å². The first-order chi connectivity index (χ1) is 5.83. The average molecular weight is 172 g/mol. The molecule has 0 aromatic heterocycles. The maximum Gasteiger partial charge on any atom is 0.0487 e. The maximum absolute atomic E-state index is 9.16. The molecule has 1 N–H and O–H groups in total. The van der Waals surface area contributed by atoms with Crippen LogP contribution in [0, 0.1) is 5.41 Å². The quantitative estimate of drug-likeness (QED) is 0.621. The number of unbranched alkanes of at least 4 members (excludes halogenated alkanes) is 1. The predicted octanol–water partition coefficient (Wildman–Crippen LogP) is 1.97. The van der Waals surface area contributed by atoms with Crippen LogP contribution in [0.2, 0.25) is 0 Å². The van der Waals surface area contributed by atoms with E-state index in [-0.39, 0.29) is 0 Å². The van der Waals surface area contributed by atoms with Crippen LogP contribution in [-0.2, 0) is 4.74 Å². The van der Waals surface area contributed by atoms with Gasteiger partial charge in [0, 0.05) is 20.3 Å². The smallest absolute Gasteiger partial charge is 0.0487 e. The molecule has 0 aromatic carbocycles. The van der Waals surface area contributed by atoms with Gasteiger partial charge in [-0.1, -0.05) is 12.8 Å². The SMILES string of the molecule is COCCCCC1(CO)CCC1. The highest BCUT2D eigenvalue weighted by Gasteiger charge is 2.35. The summed E-state index contributed by atoms with van der Waals surface area (Å²) in [5, 5.41) is 9.16. The molecule has 0 spiro atoms. The Labute approximate surface area is 74.9 Å². The maximum atomic E-state index is 9.16. The first-order valence-electron chi connectivity index (χ1n) is 4.93. The van der Waals surface area contributed by atoms with Crippen molar-refractivity contribution in [1.82, 2.24) is 0 Å². The molecule has 72 valence electrons. The molecule has 1 aliphatic rings. The molecular formula is C10H20O2. The van der Waals surface area contributed by atoms with Crippen LogP contribution in [0.15, 0.2) is 0 Å². The topological polar surface area (TPSA) is 29.5 Å². The van der Waals surface area contributed by atoms with Gasteiger partial charge >= 0.3 is 0 Å². The van der Waals surface area contributed by atoms with Crippen molar-refractivity contribution in [3.63, 3.8) is 0 Å². The first kappa shape index (κ1) is 10.0. The highest BCUT2D eigenvalue weighted by Crippen LogP contribution is 2.44. The Morgan fingerprint density at radius 3 is 2.50 bits per heavy atom. The summed E-state index contributed by atoms with van der Waals surface area (Å²) in [5.41, 5.74) is 0.313. The molecule has 0 radical (unpaired) electrons. The summed E-state index contributed by atoms with van der Waals surface area (Å²) in [4.78, 5) is 0. The molecule has 1 saturated carbocycles. The molecule has 0 bridgehead atoms. The van der Waals surface area contributed by atoms with E-state index >= 15 is 0 Å². The molecule has 1 fully saturated rings. The van der Waals surface area contributed by atoms with Crippen LogP contribution in [0.3, 0.4) is 0 Å². The predicted molar refractivity (Wildman–Crippen MR) is 49.1 cm³/mol. The van der Waals surface area contributed by atoms with Gasteiger partial charge < -0.3 is 9.84 Å². The van der Waals surface area contributed by atoms with Gasteiger partial charge in [0.15, 0.2) is 0 Å². The molecule has 0 aromatic rings. The number of hydrogen-bond acceptors (Lipinski definition) is 2. The molecule has 0 atom stereocenters. The van der Waals surface area contributed by atoms with E-state index in [9.17, 15) is 0 Å². The lowest BCUT2D eigenvalue weighted by atomic mass is 9.66. The van der Waals surface area contributed by atoms with Crippen molar-refractivity contribution >= 4 is 0 Å².